The zero-order chi connectivity index (χ0) is 41.4. The van der Waals surface area contributed by atoms with Crippen LogP contribution in [0.15, 0.2) is 48.6 Å². The highest BCUT2D eigenvalue weighted by atomic mass is 31.2. The summed E-state index contributed by atoms with van der Waals surface area (Å²) in [4.78, 5) is 45.9. The summed E-state index contributed by atoms with van der Waals surface area (Å²) in [5.74, 6) is -2.47. The van der Waals surface area contributed by atoms with Crippen LogP contribution in [0, 0.1) is 0 Å². The van der Waals surface area contributed by atoms with E-state index in [4.69, 9.17) is 24.8 Å². The molecule has 0 aliphatic rings. The number of carbonyl (C=O) groups is 3. The van der Waals surface area contributed by atoms with Crippen LogP contribution in [0.5, 0.6) is 0 Å². The number of carbonyl (C=O) groups excluding carboxylic acids is 2. The molecule has 3 atom stereocenters. The molecule has 12 heteroatoms. The smallest absolute Gasteiger partial charge is 0.472 e. The van der Waals surface area contributed by atoms with E-state index in [0.29, 0.717) is 19.3 Å². The van der Waals surface area contributed by atoms with Gasteiger partial charge in [-0.15, -0.1) is 0 Å². The van der Waals surface area contributed by atoms with Crippen molar-refractivity contribution < 1.29 is 47.5 Å². The first kappa shape index (κ1) is 53.4. The Balaban J connectivity index is 4.48. The van der Waals surface area contributed by atoms with Gasteiger partial charge in [0.05, 0.1) is 13.2 Å². The van der Waals surface area contributed by atoms with Gasteiger partial charge >= 0.3 is 25.7 Å². The van der Waals surface area contributed by atoms with Gasteiger partial charge in [-0.2, -0.15) is 0 Å². The number of esters is 2. The number of allylic oxidation sites excluding steroid dienone is 8. The molecule has 0 aromatic rings. The van der Waals surface area contributed by atoms with Gasteiger partial charge in [0.25, 0.3) is 0 Å². The first-order valence-electron chi connectivity index (χ1n) is 21.7. The maximum atomic E-state index is 12.6. The molecule has 0 fully saturated rings. The van der Waals surface area contributed by atoms with E-state index in [0.717, 1.165) is 38.5 Å². The number of hydrogen-bond donors (Lipinski definition) is 3. The molecule has 0 heterocycles. The van der Waals surface area contributed by atoms with Gasteiger partial charge in [-0.3, -0.25) is 23.4 Å². The number of ether oxygens (including phenoxy) is 2. The quantitative estimate of drug-likeness (QED) is 0.0233. The second-order valence-corrected chi connectivity index (χ2v) is 15.9. The standard InChI is InChI=1S/C44H78NO10P/c1-3-5-7-9-11-13-15-17-19-20-22-23-25-27-29-31-33-35-42(46)52-37-40(38-53-56(50,51)54-39-41(45)44(48)49)55-43(47)36-34-32-30-28-26-24-21-18-16-14-12-10-8-6-4-2/h17,19,22-23,26-29,40-41H,3-16,18,20-21,24-25,30-39,45H2,1-2H3,(H,48,49)(H,50,51)/b19-17+,23-22+,28-26+,29-27+/t40-,41+/m1/s1. The molecule has 324 valence electrons. The van der Waals surface area contributed by atoms with Crippen LogP contribution in [0.4, 0.5) is 0 Å². The van der Waals surface area contributed by atoms with Crippen LogP contribution in [0.1, 0.15) is 181 Å². The number of nitrogens with two attached hydrogens (primary N) is 1. The average Bonchev–Trinajstić information content (AvgIpc) is 3.17. The Labute approximate surface area is 339 Å². The van der Waals surface area contributed by atoms with Gasteiger partial charge < -0.3 is 25.2 Å². The van der Waals surface area contributed by atoms with Gasteiger partial charge in [-0.25, -0.2) is 4.57 Å². The highest BCUT2D eigenvalue weighted by molar-refractivity contribution is 7.47. The minimum atomic E-state index is -4.73. The molecule has 0 saturated heterocycles. The van der Waals surface area contributed by atoms with E-state index in [2.05, 4.69) is 60.9 Å². The Morgan fingerprint density at radius 1 is 0.554 bits per heavy atom. The zero-order valence-electron chi connectivity index (χ0n) is 35.0. The van der Waals surface area contributed by atoms with Crippen molar-refractivity contribution in [2.45, 2.75) is 193 Å². The molecule has 4 N–H and O–H groups in total. The summed E-state index contributed by atoms with van der Waals surface area (Å²) in [6, 6.07) is -1.53. The highest BCUT2D eigenvalue weighted by Gasteiger charge is 2.28. The normalized spacial score (nSPS) is 14.2. The lowest BCUT2D eigenvalue weighted by Crippen LogP contribution is -2.34. The molecular weight excluding hydrogens is 733 g/mol. The summed E-state index contributed by atoms with van der Waals surface area (Å²) in [6.45, 7) is 2.72. The van der Waals surface area contributed by atoms with Crippen molar-refractivity contribution in [2.75, 3.05) is 19.8 Å². The van der Waals surface area contributed by atoms with Crippen molar-refractivity contribution >= 4 is 25.7 Å². The van der Waals surface area contributed by atoms with E-state index in [9.17, 15) is 23.8 Å². The molecule has 11 nitrogen and oxygen atoms in total. The summed E-state index contributed by atoms with van der Waals surface area (Å²) in [6.07, 6.45) is 43.3. The fourth-order valence-electron chi connectivity index (χ4n) is 5.60. The second-order valence-electron chi connectivity index (χ2n) is 14.5. The Hall–Kier alpha value is -2.56. The number of carboxylic acid groups (broad SMARTS) is 1. The van der Waals surface area contributed by atoms with E-state index in [-0.39, 0.29) is 19.4 Å². The van der Waals surface area contributed by atoms with Crippen molar-refractivity contribution in [3.8, 4) is 0 Å². The third-order valence-corrected chi connectivity index (χ3v) is 10.0. The molecule has 0 aromatic carbocycles. The zero-order valence-corrected chi connectivity index (χ0v) is 35.9. The minimum absolute atomic E-state index is 0.120. The minimum Gasteiger partial charge on any atom is -0.480 e. The molecule has 0 aromatic heterocycles. The SMILES string of the molecule is CCCCCCCC/C=C/C/C=C/C/C=C/CCCC(=O)OC[C@H](COP(=O)(O)OC[C@H](N)C(=O)O)OC(=O)CCCC/C=C/CCCCCCCCCCC. The fourth-order valence-corrected chi connectivity index (χ4v) is 6.38. The molecule has 0 radical (unpaired) electrons. The van der Waals surface area contributed by atoms with Crippen LogP contribution in [0.2, 0.25) is 0 Å². The van der Waals surface area contributed by atoms with Gasteiger partial charge in [0.1, 0.15) is 12.6 Å². The summed E-state index contributed by atoms with van der Waals surface area (Å²) in [7, 11) is -4.73. The van der Waals surface area contributed by atoms with Crippen molar-refractivity contribution in [1.82, 2.24) is 0 Å². The molecule has 0 saturated carbocycles. The highest BCUT2D eigenvalue weighted by Crippen LogP contribution is 2.43. The first-order valence-corrected chi connectivity index (χ1v) is 23.2. The van der Waals surface area contributed by atoms with Crippen LogP contribution >= 0.6 is 7.82 Å². The van der Waals surface area contributed by atoms with Gasteiger partial charge in [0.15, 0.2) is 6.10 Å². The monoisotopic (exact) mass is 812 g/mol. The summed E-state index contributed by atoms with van der Waals surface area (Å²) in [5.41, 5.74) is 5.32. The summed E-state index contributed by atoms with van der Waals surface area (Å²) < 4.78 is 32.6. The number of unbranched alkanes of at least 4 members (excludes halogenated alkanes) is 18. The molecule has 0 spiro atoms. The van der Waals surface area contributed by atoms with Crippen LogP contribution in [0.3, 0.4) is 0 Å². The third-order valence-electron chi connectivity index (χ3n) is 9.05. The van der Waals surface area contributed by atoms with Crippen LogP contribution in [0.25, 0.3) is 0 Å². The predicted octanol–water partition coefficient (Wildman–Crippen LogP) is 11.4. The largest absolute Gasteiger partial charge is 0.480 e. The Morgan fingerprint density at radius 3 is 1.48 bits per heavy atom. The Kier molecular flexibility index (Phi) is 37.5. The van der Waals surface area contributed by atoms with Crippen molar-refractivity contribution in [3.05, 3.63) is 48.6 Å². The molecule has 0 rings (SSSR count). The van der Waals surface area contributed by atoms with Crippen molar-refractivity contribution in [1.29, 1.82) is 0 Å². The molecule has 0 aliphatic carbocycles. The van der Waals surface area contributed by atoms with E-state index in [1.807, 2.05) is 6.08 Å². The average molecular weight is 812 g/mol. The predicted molar refractivity (Wildman–Crippen MR) is 226 cm³/mol. The maximum Gasteiger partial charge on any atom is 0.472 e. The fraction of sp³-hybridized carbons (Fsp3) is 0.750. The molecule has 56 heavy (non-hydrogen) atoms. The lowest BCUT2D eigenvalue weighted by Gasteiger charge is -2.20. The van der Waals surface area contributed by atoms with E-state index in [1.165, 1.54) is 96.3 Å². The van der Waals surface area contributed by atoms with E-state index < -0.39 is 51.1 Å². The van der Waals surface area contributed by atoms with E-state index >= 15 is 0 Å². The number of carboxylic acids is 1. The van der Waals surface area contributed by atoms with Crippen LogP contribution in [-0.2, 0) is 37.5 Å². The topological polar surface area (TPSA) is 172 Å². The Morgan fingerprint density at radius 2 is 0.964 bits per heavy atom. The van der Waals surface area contributed by atoms with Crippen LogP contribution < -0.4 is 5.73 Å². The lowest BCUT2D eigenvalue weighted by atomic mass is 10.1. The van der Waals surface area contributed by atoms with E-state index in [1.54, 1.807) is 0 Å². The molecule has 0 aliphatic heterocycles. The Bertz CT molecular complexity index is 1140. The number of phosphoric ester groups is 1. The van der Waals surface area contributed by atoms with Crippen molar-refractivity contribution in [2.24, 2.45) is 5.73 Å². The lowest BCUT2D eigenvalue weighted by molar-refractivity contribution is -0.161. The number of phosphoric acid groups is 1. The van der Waals surface area contributed by atoms with Gasteiger partial charge in [0.2, 0.25) is 0 Å². The molecule has 0 bridgehead atoms. The molecule has 1 unspecified atom stereocenters. The molecular formula is C44H78NO10P. The third kappa shape index (κ3) is 38.3. The number of aliphatic carboxylic acids is 1. The maximum absolute atomic E-state index is 12.6. The number of rotatable bonds is 40. The summed E-state index contributed by atoms with van der Waals surface area (Å²) in [5, 5.41) is 8.88. The number of hydrogen-bond acceptors (Lipinski definition) is 9. The van der Waals surface area contributed by atoms with Crippen molar-refractivity contribution in [3.63, 3.8) is 0 Å². The second kappa shape index (κ2) is 39.3. The van der Waals surface area contributed by atoms with Gasteiger partial charge in [-0.1, -0.05) is 146 Å². The first-order chi connectivity index (χ1) is 27.1. The van der Waals surface area contributed by atoms with Gasteiger partial charge in [0, 0.05) is 12.8 Å². The molecule has 0 amide bonds. The van der Waals surface area contributed by atoms with Gasteiger partial charge in [-0.05, 0) is 70.6 Å². The van der Waals surface area contributed by atoms with Crippen LogP contribution in [-0.4, -0.2) is 59.9 Å². The summed E-state index contributed by atoms with van der Waals surface area (Å²) >= 11 is 0.